The Hall–Kier alpha value is -2.64. The topological polar surface area (TPSA) is 115 Å². The van der Waals surface area contributed by atoms with Crippen LogP contribution < -0.4 is 16.6 Å². The molecule has 0 unspecified atom stereocenters. The minimum atomic E-state index is -0.598. The number of nitrogens with two attached hydrogens (primary N) is 2. The minimum absolute atomic E-state index is 0.161. The number of ketones is 2. The number of hydrogen-bond acceptors (Lipinski definition) is 7. The monoisotopic (exact) mass is 311 g/mol. The Morgan fingerprint density at radius 1 is 1.09 bits per heavy atom. The van der Waals surface area contributed by atoms with Gasteiger partial charge in [-0.1, -0.05) is 24.3 Å². The summed E-state index contributed by atoms with van der Waals surface area (Å²) >= 11 is 0. The lowest BCUT2D eigenvalue weighted by Gasteiger charge is -2.28. The number of aromatic nitrogens is 2. The number of benzene rings is 1. The zero-order valence-corrected chi connectivity index (χ0v) is 12.9. The molecule has 23 heavy (non-hydrogen) atoms. The van der Waals surface area contributed by atoms with E-state index >= 15 is 0 Å². The highest BCUT2D eigenvalue weighted by Crippen LogP contribution is 2.31. The van der Waals surface area contributed by atoms with Gasteiger partial charge in [-0.25, -0.2) is 5.84 Å². The van der Waals surface area contributed by atoms with E-state index in [9.17, 15) is 9.59 Å². The van der Waals surface area contributed by atoms with Crippen molar-refractivity contribution in [2.24, 2.45) is 11.6 Å². The molecule has 4 N–H and O–H groups in total. The summed E-state index contributed by atoms with van der Waals surface area (Å²) in [6.07, 6.45) is 1.30. The van der Waals surface area contributed by atoms with Gasteiger partial charge in [0.25, 0.3) is 0 Å². The second kappa shape index (κ2) is 5.22. The van der Waals surface area contributed by atoms with Gasteiger partial charge in [-0.05, 0) is 13.8 Å². The van der Waals surface area contributed by atoms with Crippen molar-refractivity contribution < 1.29 is 9.59 Å². The summed E-state index contributed by atoms with van der Waals surface area (Å²) in [7, 11) is 0. The van der Waals surface area contributed by atoms with Gasteiger partial charge in [-0.3, -0.25) is 14.6 Å². The molecule has 0 fully saturated rings. The zero-order valence-electron chi connectivity index (χ0n) is 12.9. The summed E-state index contributed by atoms with van der Waals surface area (Å²) in [5, 5.41) is 9.05. The van der Waals surface area contributed by atoms with Crippen molar-refractivity contribution in [3.8, 4) is 0 Å². The molecule has 0 spiro atoms. The first kappa shape index (κ1) is 15.3. The van der Waals surface area contributed by atoms with E-state index in [-0.39, 0.29) is 35.1 Å². The molecule has 0 radical (unpaired) electrons. The van der Waals surface area contributed by atoms with Gasteiger partial charge >= 0.3 is 0 Å². The fraction of sp³-hybridized carbons (Fsp3) is 0.250. The molecule has 0 bridgehead atoms. The lowest BCUT2D eigenvalue weighted by Crippen LogP contribution is -2.49. The van der Waals surface area contributed by atoms with Gasteiger partial charge < -0.3 is 5.73 Å². The molecule has 0 atom stereocenters. The summed E-state index contributed by atoms with van der Waals surface area (Å²) in [5.41, 5.74) is 6.47. The first-order valence-electron chi connectivity index (χ1n) is 7.15. The Kier molecular flexibility index (Phi) is 3.46. The Balaban J connectivity index is 2.15. The molecule has 1 aliphatic carbocycles. The van der Waals surface area contributed by atoms with E-state index in [0.29, 0.717) is 11.1 Å². The molecule has 0 saturated heterocycles. The van der Waals surface area contributed by atoms with Crippen molar-refractivity contribution in [3.63, 3.8) is 0 Å². The molecule has 3 rings (SSSR count). The lowest BCUT2D eigenvalue weighted by atomic mass is 9.85. The Bertz CT molecular complexity index is 810. The first-order valence-corrected chi connectivity index (χ1v) is 7.15. The van der Waals surface area contributed by atoms with Crippen LogP contribution in [0.2, 0.25) is 0 Å². The van der Waals surface area contributed by atoms with Crippen LogP contribution in [0.5, 0.6) is 0 Å². The van der Waals surface area contributed by atoms with E-state index in [1.54, 1.807) is 38.1 Å². The van der Waals surface area contributed by atoms with Gasteiger partial charge in [0.05, 0.1) is 23.9 Å². The van der Waals surface area contributed by atoms with Crippen LogP contribution in [0.15, 0.2) is 30.5 Å². The summed E-state index contributed by atoms with van der Waals surface area (Å²) in [4.78, 5) is 25.4. The molecule has 7 heteroatoms. The standard InChI is InChI=1S/C16H17N5O2/c1-16(2,17)8-21(18)15-12-11(7-19-20-15)13(22)9-5-3-4-6-10(9)14(12)23/h3-7H,8,17-18H2,1-2H3. The predicted octanol–water partition coefficient (Wildman–Crippen LogP) is 0.669. The fourth-order valence-corrected chi connectivity index (χ4v) is 2.65. The van der Waals surface area contributed by atoms with Crippen LogP contribution in [0.1, 0.15) is 45.7 Å². The van der Waals surface area contributed by atoms with E-state index in [0.717, 1.165) is 0 Å². The number of anilines is 1. The second-order valence-corrected chi connectivity index (χ2v) is 6.28. The molecule has 0 saturated carbocycles. The Morgan fingerprint density at radius 3 is 2.30 bits per heavy atom. The predicted molar refractivity (Wildman–Crippen MR) is 85.1 cm³/mol. The SMILES string of the molecule is CC(C)(N)CN(N)c1nncc2c1C(=O)c1ccccc1C2=O. The zero-order chi connectivity index (χ0) is 16.8. The minimum Gasteiger partial charge on any atom is -0.324 e. The number of hydrazine groups is 1. The maximum atomic E-state index is 12.8. The van der Waals surface area contributed by atoms with Crippen LogP contribution >= 0.6 is 0 Å². The van der Waals surface area contributed by atoms with Gasteiger partial charge in [0.2, 0.25) is 0 Å². The molecule has 1 heterocycles. The summed E-state index contributed by atoms with van der Waals surface area (Å²) in [5.74, 6) is 5.64. The molecule has 7 nitrogen and oxygen atoms in total. The Morgan fingerprint density at radius 2 is 1.70 bits per heavy atom. The van der Waals surface area contributed by atoms with Crippen LogP contribution in [-0.4, -0.2) is 33.8 Å². The highest BCUT2D eigenvalue weighted by molar-refractivity contribution is 6.29. The molecule has 1 aliphatic rings. The van der Waals surface area contributed by atoms with E-state index in [4.69, 9.17) is 11.6 Å². The van der Waals surface area contributed by atoms with Crippen LogP contribution in [0.4, 0.5) is 5.82 Å². The maximum absolute atomic E-state index is 12.8. The molecular formula is C16H17N5O2. The van der Waals surface area contributed by atoms with Crippen LogP contribution in [0.25, 0.3) is 0 Å². The van der Waals surface area contributed by atoms with Crippen molar-refractivity contribution in [3.05, 3.63) is 52.7 Å². The average Bonchev–Trinajstić information content (AvgIpc) is 2.50. The van der Waals surface area contributed by atoms with Gasteiger partial charge in [0, 0.05) is 16.7 Å². The van der Waals surface area contributed by atoms with Gasteiger partial charge in [0.1, 0.15) is 0 Å². The van der Waals surface area contributed by atoms with E-state index in [1.165, 1.54) is 11.2 Å². The first-order chi connectivity index (χ1) is 10.8. The van der Waals surface area contributed by atoms with Crippen molar-refractivity contribution in [1.82, 2.24) is 10.2 Å². The maximum Gasteiger partial charge on any atom is 0.198 e. The van der Waals surface area contributed by atoms with E-state index in [2.05, 4.69) is 10.2 Å². The van der Waals surface area contributed by atoms with Crippen molar-refractivity contribution >= 4 is 17.4 Å². The average molecular weight is 311 g/mol. The highest BCUT2D eigenvalue weighted by Gasteiger charge is 2.34. The van der Waals surface area contributed by atoms with E-state index in [1.807, 2.05) is 0 Å². The quantitative estimate of drug-likeness (QED) is 0.539. The van der Waals surface area contributed by atoms with Crippen molar-refractivity contribution in [1.29, 1.82) is 0 Å². The molecule has 0 aliphatic heterocycles. The third-order valence-corrected chi connectivity index (χ3v) is 3.57. The number of hydrogen-bond donors (Lipinski definition) is 2. The summed E-state index contributed by atoms with van der Waals surface area (Å²) in [6, 6.07) is 6.68. The van der Waals surface area contributed by atoms with Gasteiger partial charge in [0.15, 0.2) is 17.4 Å². The van der Waals surface area contributed by atoms with Crippen molar-refractivity contribution in [2.45, 2.75) is 19.4 Å². The normalized spacial score (nSPS) is 13.6. The lowest BCUT2D eigenvalue weighted by molar-refractivity contribution is 0.0978. The Labute approximate surface area is 133 Å². The van der Waals surface area contributed by atoms with Gasteiger partial charge in [-0.2, -0.15) is 5.10 Å². The molecule has 2 aromatic rings. The third-order valence-electron chi connectivity index (χ3n) is 3.57. The molecular weight excluding hydrogens is 294 g/mol. The van der Waals surface area contributed by atoms with Gasteiger partial charge in [-0.15, -0.1) is 5.10 Å². The number of rotatable bonds is 3. The van der Waals surface area contributed by atoms with E-state index < -0.39 is 5.54 Å². The largest absolute Gasteiger partial charge is 0.324 e. The third kappa shape index (κ3) is 2.60. The molecule has 1 aromatic carbocycles. The highest BCUT2D eigenvalue weighted by atomic mass is 16.1. The summed E-state index contributed by atoms with van der Waals surface area (Å²) < 4.78 is 0. The van der Waals surface area contributed by atoms with Crippen LogP contribution in [0.3, 0.4) is 0 Å². The number of carbonyl (C=O) groups is 2. The smallest absolute Gasteiger partial charge is 0.198 e. The molecule has 118 valence electrons. The van der Waals surface area contributed by atoms with Crippen LogP contribution in [-0.2, 0) is 0 Å². The van der Waals surface area contributed by atoms with Crippen molar-refractivity contribution in [2.75, 3.05) is 11.6 Å². The molecule has 0 amide bonds. The second-order valence-electron chi connectivity index (χ2n) is 6.28. The number of nitrogens with zero attached hydrogens (tertiary/aromatic N) is 3. The summed E-state index contributed by atoms with van der Waals surface area (Å²) in [6.45, 7) is 3.86. The fourth-order valence-electron chi connectivity index (χ4n) is 2.65. The molecule has 1 aromatic heterocycles. The number of carbonyl (C=O) groups excluding carboxylic acids is 2. The number of fused-ring (bicyclic) bond motifs is 2. The van der Waals surface area contributed by atoms with Crippen LogP contribution in [0, 0.1) is 0 Å².